The lowest BCUT2D eigenvalue weighted by molar-refractivity contribution is -0.167. The van der Waals surface area contributed by atoms with E-state index >= 15 is 0 Å². The summed E-state index contributed by atoms with van der Waals surface area (Å²) >= 11 is 0. The van der Waals surface area contributed by atoms with Crippen LogP contribution in [0.25, 0.3) is 0 Å². The smallest absolute Gasteiger partial charge is 0.306 e. The number of allylic oxidation sites excluding steroid dienone is 16. The number of rotatable bonds is 57. The van der Waals surface area contributed by atoms with Crippen molar-refractivity contribution in [3.63, 3.8) is 0 Å². The third kappa shape index (κ3) is 61.1. The molecule has 75 heavy (non-hydrogen) atoms. The van der Waals surface area contributed by atoms with Crippen LogP contribution in [-0.2, 0) is 28.6 Å². The Morgan fingerprint density at radius 3 is 0.840 bits per heavy atom. The molecule has 0 rings (SSSR count). The Kier molecular flexibility index (Phi) is 59.8. The fourth-order valence-electron chi connectivity index (χ4n) is 8.79. The summed E-state index contributed by atoms with van der Waals surface area (Å²) in [5, 5.41) is 0. The van der Waals surface area contributed by atoms with E-state index in [0.717, 1.165) is 135 Å². The van der Waals surface area contributed by atoms with E-state index in [0.29, 0.717) is 19.3 Å². The molecule has 0 aliphatic rings. The summed E-state index contributed by atoms with van der Waals surface area (Å²) in [6, 6.07) is 0. The molecule has 0 aliphatic carbocycles. The van der Waals surface area contributed by atoms with Gasteiger partial charge in [-0.15, -0.1) is 0 Å². The highest BCUT2D eigenvalue weighted by atomic mass is 16.6. The van der Waals surface area contributed by atoms with E-state index in [9.17, 15) is 14.4 Å². The lowest BCUT2D eigenvalue weighted by Crippen LogP contribution is -2.30. The van der Waals surface area contributed by atoms with Crippen LogP contribution in [0.2, 0.25) is 0 Å². The third-order valence-electron chi connectivity index (χ3n) is 13.5. The van der Waals surface area contributed by atoms with Gasteiger partial charge >= 0.3 is 17.9 Å². The van der Waals surface area contributed by atoms with Crippen LogP contribution in [0.1, 0.15) is 303 Å². The van der Waals surface area contributed by atoms with Crippen LogP contribution in [0.3, 0.4) is 0 Å². The first-order valence-electron chi connectivity index (χ1n) is 31.7. The molecule has 6 nitrogen and oxygen atoms in total. The Labute approximate surface area is 464 Å². The molecule has 0 radical (unpaired) electrons. The molecule has 0 N–H and O–H groups in total. The molecule has 0 spiro atoms. The first-order valence-corrected chi connectivity index (χ1v) is 31.7. The van der Waals surface area contributed by atoms with E-state index in [1.165, 1.54) is 128 Å². The average molecular weight is 1040 g/mol. The number of carbonyl (C=O) groups is 3. The van der Waals surface area contributed by atoms with Crippen LogP contribution >= 0.6 is 0 Å². The van der Waals surface area contributed by atoms with Gasteiger partial charge < -0.3 is 14.2 Å². The number of esters is 3. The van der Waals surface area contributed by atoms with E-state index in [1.54, 1.807) is 0 Å². The van der Waals surface area contributed by atoms with Crippen molar-refractivity contribution in [2.24, 2.45) is 0 Å². The van der Waals surface area contributed by atoms with Crippen molar-refractivity contribution in [1.82, 2.24) is 0 Å². The number of ether oxygens (including phenoxy) is 3. The Morgan fingerprint density at radius 1 is 0.280 bits per heavy atom. The number of hydrogen-bond acceptors (Lipinski definition) is 6. The molecule has 6 heteroatoms. The standard InChI is InChI=1S/C69H118O6/c1-4-7-10-13-16-19-22-25-28-29-30-31-32-33-34-35-36-37-38-39-42-44-47-50-53-56-59-62-68(71)74-65-66(75-69(72)63-60-57-54-51-48-45-41-27-24-21-18-15-12-9-6-3)64-73-67(70)61-58-55-52-49-46-43-40-26-23-20-17-14-11-8-5-2/h9,12,17-18,20-22,25-27,29-30,32-33,40-41,66H,4-8,10-11,13-16,19,23-24,28,31,34-39,42-65H2,1-3H3/b12-9-,20-17-,21-18-,25-22-,30-29-,33-32-,40-26-,41-27-. The SMILES string of the molecule is CC/C=C\C/C=C\C/C=C\CCCCCCCC(=O)OC(COC(=O)CCCCCCC/C=C\C/C=C\CCCCC)COC(=O)CCCCCCCCCCCCCC/C=C\C/C=C\C/C=C\CCCCCCC. The van der Waals surface area contributed by atoms with Crippen LogP contribution in [0.5, 0.6) is 0 Å². The highest BCUT2D eigenvalue weighted by Crippen LogP contribution is 2.16. The van der Waals surface area contributed by atoms with Gasteiger partial charge in [-0.1, -0.05) is 259 Å². The Bertz CT molecular complexity index is 1480. The van der Waals surface area contributed by atoms with Gasteiger partial charge in [-0.05, 0) is 122 Å². The summed E-state index contributed by atoms with van der Waals surface area (Å²) in [6.45, 7) is 6.48. The van der Waals surface area contributed by atoms with Gasteiger partial charge in [-0.2, -0.15) is 0 Å². The minimum absolute atomic E-state index is 0.0898. The highest BCUT2D eigenvalue weighted by molar-refractivity contribution is 5.71. The van der Waals surface area contributed by atoms with Crippen molar-refractivity contribution in [3.8, 4) is 0 Å². The molecule has 0 fully saturated rings. The highest BCUT2D eigenvalue weighted by Gasteiger charge is 2.19. The molecular weight excluding hydrogens is 925 g/mol. The molecule has 430 valence electrons. The predicted molar refractivity (Wildman–Crippen MR) is 325 cm³/mol. The Balaban J connectivity index is 4.31. The van der Waals surface area contributed by atoms with Gasteiger partial charge in [0.15, 0.2) is 6.10 Å². The lowest BCUT2D eigenvalue weighted by atomic mass is 10.0. The summed E-state index contributed by atoms with van der Waals surface area (Å²) in [4.78, 5) is 38.3. The van der Waals surface area contributed by atoms with E-state index in [2.05, 4.69) is 118 Å². The maximum absolute atomic E-state index is 12.9. The molecule has 0 aromatic heterocycles. The first kappa shape index (κ1) is 71.3. The van der Waals surface area contributed by atoms with Crippen LogP contribution in [-0.4, -0.2) is 37.2 Å². The largest absolute Gasteiger partial charge is 0.462 e. The summed E-state index contributed by atoms with van der Waals surface area (Å²) in [6.07, 6.45) is 84.1. The summed E-state index contributed by atoms with van der Waals surface area (Å²) in [7, 11) is 0. The van der Waals surface area contributed by atoms with Gasteiger partial charge in [0.2, 0.25) is 0 Å². The second-order valence-electron chi connectivity index (χ2n) is 20.9. The maximum Gasteiger partial charge on any atom is 0.306 e. The minimum atomic E-state index is -0.795. The van der Waals surface area contributed by atoms with Gasteiger partial charge in [0.1, 0.15) is 13.2 Å². The van der Waals surface area contributed by atoms with Gasteiger partial charge in [-0.3, -0.25) is 14.4 Å². The van der Waals surface area contributed by atoms with Crippen LogP contribution in [0.15, 0.2) is 97.2 Å². The topological polar surface area (TPSA) is 78.9 Å². The van der Waals surface area contributed by atoms with Crippen molar-refractivity contribution in [1.29, 1.82) is 0 Å². The molecule has 1 atom stereocenters. The van der Waals surface area contributed by atoms with Crippen molar-refractivity contribution < 1.29 is 28.6 Å². The molecule has 0 saturated carbocycles. The second kappa shape index (κ2) is 62.9. The zero-order valence-corrected chi connectivity index (χ0v) is 49.3. The molecule has 0 heterocycles. The minimum Gasteiger partial charge on any atom is -0.462 e. The average Bonchev–Trinajstić information content (AvgIpc) is 3.41. The molecule has 1 unspecified atom stereocenters. The van der Waals surface area contributed by atoms with Crippen LogP contribution < -0.4 is 0 Å². The lowest BCUT2D eigenvalue weighted by Gasteiger charge is -2.18. The maximum atomic E-state index is 12.9. The molecule has 0 aliphatic heterocycles. The van der Waals surface area contributed by atoms with Gasteiger partial charge in [0.25, 0.3) is 0 Å². The normalized spacial score (nSPS) is 12.7. The van der Waals surface area contributed by atoms with E-state index in [1.807, 2.05) is 0 Å². The molecular formula is C69H118O6. The Hall–Kier alpha value is -3.67. The van der Waals surface area contributed by atoms with E-state index in [4.69, 9.17) is 14.2 Å². The van der Waals surface area contributed by atoms with Gasteiger partial charge in [0, 0.05) is 19.3 Å². The molecule has 0 saturated heterocycles. The second-order valence-corrected chi connectivity index (χ2v) is 20.9. The van der Waals surface area contributed by atoms with Crippen molar-refractivity contribution in [3.05, 3.63) is 97.2 Å². The zero-order chi connectivity index (χ0) is 54.3. The fourth-order valence-corrected chi connectivity index (χ4v) is 8.79. The Morgan fingerprint density at radius 2 is 0.520 bits per heavy atom. The first-order chi connectivity index (χ1) is 37.0. The predicted octanol–water partition coefficient (Wildman–Crippen LogP) is 21.7. The van der Waals surface area contributed by atoms with Crippen LogP contribution in [0, 0.1) is 0 Å². The number of hydrogen-bond donors (Lipinski definition) is 0. The quantitative estimate of drug-likeness (QED) is 0.0261. The third-order valence-corrected chi connectivity index (χ3v) is 13.5. The van der Waals surface area contributed by atoms with Gasteiger partial charge in [0.05, 0.1) is 0 Å². The van der Waals surface area contributed by atoms with Crippen molar-refractivity contribution >= 4 is 17.9 Å². The fraction of sp³-hybridized carbons (Fsp3) is 0.725. The number of carbonyl (C=O) groups excluding carboxylic acids is 3. The molecule has 0 bridgehead atoms. The molecule has 0 aromatic carbocycles. The molecule has 0 amide bonds. The zero-order valence-electron chi connectivity index (χ0n) is 49.3. The van der Waals surface area contributed by atoms with Crippen molar-refractivity contribution in [2.75, 3.05) is 13.2 Å². The summed E-state index contributed by atoms with van der Waals surface area (Å²) < 4.78 is 16.9. The van der Waals surface area contributed by atoms with Gasteiger partial charge in [-0.25, -0.2) is 0 Å². The number of unbranched alkanes of at least 4 members (excludes halogenated alkanes) is 30. The van der Waals surface area contributed by atoms with Crippen LogP contribution in [0.4, 0.5) is 0 Å². The monoisotopic (exact) mass is 1040 g/mol. The van der Waals surface area contributed by atoms with E-state index in [-0.39, 0.29) is 31.1 Å². The molecule has 0 aromatic rings. The summed E-state index contributed by atoms with van der Waals surface area (Å²) in [5.41, 5.74) is 0. The van der Waals surface area contributed by atoms with Crippen molar-refractivity contribution in [2.45, 2.75) is 309 Å². The van der Waals surface area contributed by atoms with E-state index < -0.39 is 6.10 Å². The summed E-state index contributed by atoms with van der Waals surface area (Å²) in [5.74, 6) is -0.916.